The van der Waals surface area contributed by atoms with E-state index in [1.807, 2.05) is 38.1 Å². The van der Waals surface area contributed by atoms with Crippen LogP contribution in [0.1, 0.15) is 31.4 Å². The molecule has 4 heteroatoms. The van der Waals surface area contributed by atoms with Gasteiger partial charge in [0.2, 0.25) is 12.2 Å². The Morgan fingerprint density at radius 1 is 1.22 bits per heavy atom. The summed E-state index contributed by atoms with van der Waals surface area (Å²) >= 11 is 0. The molecule has 0 fully saturated rings. The summed E-state index contributed by atoms with van der Waals surface area (Å²) in [5.41, 5.74) is 2.74. The number of nitrogens with zero attached hydrogens (tertiary/aromatic N) is 2. The summed E-state index contributed by atoms with van der Waals surface area (Å²) in [6.07, 6.45) is 3.57. The van der Waals surface area contributed by atoms with Crippen LogP contribution in [0.3, 0.4) is 0 Å². The fraction of sp³-hybridized carbons (Fsp3) is 0.286. The van der Waals surface area contributed by atoms with Crippen molar-refractivity contribution >= 4 is 17.7 Å². The molecule has 18 heavy (non-hydrogen) atoms. The zero-order chi connectivity index (χ0) is 13.2. The van der Waals surface area contributed by atoms with Crippen molar-refractivity contribution in [3.63, 3.8) is 0 Å². The SMILES string of the molecule is CC1=C(N=C=O)CC(C)(N=C=O)c2ccccc21. The topological polar surface area (TPSA) is 58.9 Å². The fourth-order valence-corrected chi connectivity index (χ4v) is 2.37. The molecule has 0 aromatic heterocycles. The number of allylic oxidation sites excluding steroid dienone is 1. The predicted octanol–water partition coefficient (Wildman–Crippen LogP) is 2.71. The average molecular weight is 240 g/mol. The molecule has 0 aliphatic heterocycles. The minimum atomic E-state index is -0.715. The summed E-state index contributed by atoms with van der Waals surface area (Å²) in [5.74, 6) is 0. The van der Waals surface area contributed by atoms with Gasteiger partial charge in [-0.3, -0.25) is 0 Å². The number of aliphatic imine (C=N–C) groups is 2. The smallest absolute Gasteiger partial charge is 0.211 e. The first-order valence-corrected chi connectivity index (χ1v) is 5.59. The molecule has 0 radical (unpaired) electrons. The van der Waals surface area contributed by atoms with Gasteiger partial charge in [-0.15, -0.1) is 0 Å². The zero-order valence-corrected chi connectivity index (χ0v) is 10.2. The lowest BCUT2D eigenvalue weighted by atomic mass is 9.77. The number of hydrogen-bond acceptors (Lipinski definition) is 4. The third-order valence-corrected chi connectivity index (χ3v) is 3.33. The standard InChI is InChI=1S/C14H12N2O2/c1-10-11-5-3-4-6-12(11)14(2,16-9-18)7-13(10)15-8-17/h3-6H,7H2,1-2H3. The molecule has 0 heterocycles. The molecule has 1 aromatic rings. The molecule has 90 valence electrons. The Labute approximate surface area is 105 Å². The van der Waals surface area contributed by atoms with Crippen LogP contribution in [-0.4, -0.2) is 12.2 Å². The molecule has 1 unspecified atom stereocenters. The molecule has 0 bridgehead atoms. The summed E-state index contributed by atoms with van der Waals surface area (Å²) in [6.45, 7) is 3.74. The van der Waals surface area contributed by atoms with Crippen LogP contribution in [0.15, 0.2) is 39.9 Å². The molecule has 1 aromatic carbocycles. The van der Waals surface area contributed by atoms with E-state index in [0.29, 0.717) is 12.1 Å². The third-order valence-electron chi connectivity index (χ3n) is 3.33. The fourth-order valence-electron chi connectivity index (χ4n) is 2.37. The first-order valence-electron chi connectivity index (χ1n) is 5.59. The highest BCUT2D eigenvalue weighted by Crippen LogP contribution is 2.43. The van der Waals surface area contributed by atoms with Gasteiger partial charge in [0.05, 0.1) is 5.70 Å². The van der Waals surface area contributed by atoms with Gasteiger partial charge in [-0.1, -0.05) is 24.3 Å². The van der Waals surface area contributed by atoms with E-state index < -0.39 is 5.54 Å². The van der Waals surface area contributed by atoms with Crippen molar-refractivity contribution in [2.24, 2.45) is 9.98 Å². The Balaban J connectivity index is 2.74. The summed E-state index contributed by atoms with van der Waals surface area (Å²) < 4.78 is 0. The Morgan fingerprint density at radius 3 is 2.61 bits per heavy atom. The molecular formula is C14H12N2O2. The molecule has 0 saturated carbocycles. The van der Waals surface area contributed by atoms with Crippen molar-refractivity contribution in [3.8, 4) is 0 Å². The third kappa shape index (κ3) is 1.84. The van der Waals surface area contributed by atoms with Crippen molar-refractivity contribution in [3.05, 3.63) is 41.1 Å². The first-order chi connectivity index (χ1) is 8.62. The van der Waals surface area contributed by atoms with Crippen LogP contribution < -0.4 is 0 Å². The minimum Gasteiger partial charge on any atom is -0.211 e. The van der Waals surface area contributed by atoms with Gasteiger partial charge in [-0.25, -0.2) is 9.59 Å². The van der Waals surface area contributed by atoms with Gasteiger partial charge in [-0.05, 0) is 30.5 Å². The highest BCUT2D eigenvalue weighted by atomic mass is 16.1. The van der Waals surface area contributed by atoms with Crippen molar-refractivity contribution in [1.82, 2.24) is 0 Å². The first kappa shape index (κ1) is 12.2. The molecule has 0 spiro atoms. The highest BCUT2D eigenvalue weighted by molar-refractivity contribution is 5.74. The molecule has 0 N–H and O–H groups in total. The maximum atomic E-state index is 10.6. The van der Waals surface area contributed by atoms with E-state index in [-0.39, 0.29) is 0 Å². The lowest BCUT2D eigenvalue weighted by Gasteiger charge is -2.31. The number of hydrogen-bond donors (Lipinski definition) is 0. The molecule has 1 aliphatic carbocycles. The maximum Gasteiger partial charge on any atom is 0.240 e. The summed E-state index contributed by atoms with van der Waals surface area (Å²) in [5, 5.41) is 0. The quantitative estimate of drug-likeness (QED) is 0.589. The van der Waals surface area contributed by atoms with Crippen LogP contribution in [-0.2, 0) is 15.1 Å². The molecule has 1 atom stereocenters. The Bertz CT molecular complexity index is 620. The summed E-state index contributed by atoms with van der Waals surface area (Å²) in [7, 11) is 0. The summed E-state index contributed by atoms with van der Waals surface area (Å²) in [4.78, 5) is 28.7. The minimum absolute atomic E-state index is 0.403. The van der Waals surface area contributed by atoms with Crippen LogP contribution in [0.5, 0.6) is 0 Å². The average Bonchev–Trinajstić information content (AvgIpc) is 2.37. The molecule has 0 amide bonds. The molecule has 0 saturated heterocycles. The number of rotatable bonds is 2. The highest BCUT2D eigenvalue weighted by Gasteiger charge is 2.35. The largest absolute Gasteiger partial charge is 0.240 e. The van der Waals surface area contributed by atoms with E-state index in [2.05, 4.69) is 9.98 Å². The maximum absolute atomic E-state index is 10.6. The predicted molar refractivity (Wildman–Crippen MR) is 67.2 cm³/mol. The molecular weight excluding hydrogens is 228 g/mol. The summed E-state index contributed by atoms with van der Waals surface area (Å²) in [6, 6.07) is 7.67. The van der Waals surface area contributed by atoms with Crippen LogP contribution >= 0.6 is 0 Å². The molecule has 4 nitrogen and oxygen atoms in total. The number of carbonyl (C=O) groups excluding carboxylic acids is 2. The van der Waals surface area contributed by atoms with Crippen molar-refractivity contribution < 1.29 is 9.59 Å². The van der Waals surface area contributed by atoms with Crippen LogP contribution in [0.2, 0.25) is 0 Å². The van der Waals surface area contributed by atoms with Crippen LogP contribution in [0, 0.1) is 0 Å². The van der Waals surface area contributed by atoms with E-state index in [1.54, 1.807) is 12.2 Å². The second-order valence-corrected chi connectivity index (χ2v) is 4.47. The van der Waals surface area contributed by atoms with E-state index in [0.717, 1.165) is 16.7 Å². The Morgan fingerprint density at radius 2 is 1.94 bits per heavy atom. The van der Waals surface area contributed by atoms with Gasteiger partial charge in [0, 0.05) is 6.42 Å². The van der Waals surface area contributed by atoms with E-state index in [4.69, 9.17) is 0 Å². The van der Waals surface area contributed by atoms with Crippen molar-refractivity contribution in [1.29, 1.82) is 0 Å². The van der Waals surface area contributed by atoms with E-state index in [1.165, 1.54) is 0 Å². The van der Waals surface area contributed by atoms with Gasteiger partial charge in [0.25, 0.3) is 0 Å². The molecule has 1 aliphatic rings. The monoisotopic (exact) mass is 240 g/mol. The van der Waals surface area contributed by atoms with Crippen LogP contribution in [0.25, 0.3) is 5.57 Å². The van der Waals surface area contributed by atoms with Crippen molar-refractivity contribution in [2.45, 2.75) is 25.8 Å². The van der Waals surface area contributed by atoms with E-state index >= 15 is 0 Å². The van der Waals surface area contributed by atoms with E-state index in [9.17, 15) is 9.59 Å². The van der Waals surface area contributed by atoms with Gasteiger partial charge < -0.3 is 0 Å². The lowest BCUT2D eigenvalue weighted by Crippen LogP contribution is -2.25. The van der Waals surface area contributed by atoms with Crippen LogP contribution in [0.4, 0.5) is 0 Å². The Hall–Kier alpha value is -2.28. The Kier molecular flexibility index (Phi) is 3.07. The molecule has 2 rings (SSSR count). The normalized spacial score (nSPS) is 21.7. The number of benzene rings is 1. The van der Waals surface area contributed by atoms with Gasteiger partial charge in [-0.2, -0.15) is 9.98 Å². The van der Waals surface area contributed by atoms with Crippen molar-refractivity contribution in [2.75, 3.05) is 0 Å². The number of fused-ring (bicyclic) bond motifs is 1. The second-order valence-electron chi connectivity index (χ2n) is 4.47. The number of isocyanates is 2. The van der Waals surface area contributed by atoms with Gasteiger partial charge in [0.1, 0.15) is 5.54 Å². The second kappa shape index (κ2) is 4.53. The van der Waals surface area contributed by atoms with Gasteiger partial charge >= 0.3 is 0 Å². The van der Waals surface area contributed by atoms with Gasteiger partial charge in [0.15, 0.2) is 0 Å². The zero-order valence-electron chi connectivity index (χ0n) is 10.2. The lowest BCUT2D eigenvalue weighted by molar-refractivity contribution is 0.471.